The molecule has 0 aromatic heterocycles. The number of hydrogen-bond donors (Lipinski definition) is 5. The van der Waals surface area contributed by atoms with Gasteiger partial charge < -0.3 is 36.7 Å². The molecule has 8 N–H and O–H groups in total. The Morgan fingerprint density at radius 2 is 1.24 bits per heavy atom. The number of aromatic hydroxyl groups is 1. The van der Waals surface area contributed by atoms with Crippen molar-refractivity contribution in [1.29, 1.82) is 0 Å². The van der Waals surface area contributed by atoms with Crippen LogP contribution < -0.4 is 81.6 Å². The maximum atomic E-state index is 12.8. The van der Waals surface area contributed by atoms with Crippen LogP contribution in [0, 0.1) is 0 Å². The number of nitrogens with one attached hydrogen (secondary N) is 1. The molecular weight excluding hydrogens is 698 g/mol. The van der Waals surface area contributed by atoms with Crippen molar-refractivity contribution in [1.82, 2.24) is 0 Å². The number of phenolic OH excluding ortho intramolecular Hbond substituents is 1. The SMILES string of the molecule is Nc1ccc2cc(S(=O)(=O)[O-])c(N=Nc3ccc(C(=O)Nc4ccc(N=Nc5cc(S(=O)(=O)[O-])c(N)cc5N)cc4)cc3)c(O)c2c1.[Na+].[Na+]. The van der Waals surface area contributed by atoms with E-state index in [-0.39, 0.29) is 98.2 Å². The summed E-state index contributed by atoms with van der Waals surface area (Å²) in [6.45, 7) is 0. The summed E-state index contributed by atoms with van der Waals surface area (Å²) in [6.07, 6.45) is 0. The molecule has 0 aliphatic carbocycles. The van der Waals surface area contributed by atoms with Gasteiger partial charge in [-0.3, -0.25) is 4.79 Å². The summed E-state index contributed by atoms with van der Waals surface area (Å²) in [4.78, 5) is 11.3. The number of fused-ring (bicyclic) bond motifs is 1. The van der Waals surface area contributed by atoms with Crippen LogP contribution in [0.1, 0.15) is 10.4 Å². The van der Waals surface area contributed by atoms with Gasteiger partial charge >= 0.3 is 59.1 Å². The number of carbonyl (C=O) groups is 1. The smallest absolute Gasteiger partial charge is 0.744 e. The molecule has 5 rings (SSSR count). The fourth-order valence-electron chi connectivity index (χ4n) is 4.27. The van der Waals surface area contributed by atoms with Crippen molar-refractivity contribution in [3.05, 3.63) is 90.5 Å². The molecule has 0 aliphatic rings. The number of azo groups is 2. The second-order valence-electron chi connectivity index (χ2n) is 9.86. The third-order valence-corrected chi connectivity index (χ3v) is 8.31. The van der Waals surface area contributed by atoms with Gasteiger partial charge in [0.15, 0.2) is 5.75 Å². The molecule has 0 unspecified atom stereocenters. The number of amides is 1. The maximum Gasteiger partial charge on any atom is 1.00 e. The Morgan fingerprint density at radius 1 is 0.673 bits per heavy atom. The second kappa shape index (κ2) is 15.7. The van der Waals surface area contributed by atoms with Gasteiger partial charge in [0.1, 0.15) is 31.6 Å². The fourth-order valence-corrected chi connectivity index (χ4v) is 5.52. The minimum atomic E-state index is -5.04. The molecule has 0 saturated carbocycles. The minimum Gasteiger partial charge on any atom is -0.744 e. The third-order valence-electron chi connectivity index (χ3n) is 6.57. The van der Waals surface area contributed by atoms with E-state index in [9.17, 15) is 35.8 Å². The number of rotatable bonds is 8. The third kappa shape index (κ3) is 9.40. The molecule has 0 fully saturated rings. The molecule has 5 aromatic carbocycles. The van der Waals surface area contributed by atoms with E-state index >= 15 is 0 Å². The van der Waals surface area contributed by atoms with Crippen molar-refractivity contribution in [2.75, 3.05) is 22.5 Å². The molecule has 240 valence electrons. The number of hydrogen-bond acceptors (Lipinski definition) is 15. The molecule has 16 nitrogen and oxygen atoms in total. The van der Waals surface area contributed by atoms with Gasteiger partial charge in [0, 0.05) is 22.3 Å². The molecule has 0 saturated heterocycles. The standard InChI is InChI=1S/C29H24N8O8S2.2Na/c30-17-4-1-16-11-26(47(43,44)45)27(28(38)21(16)12-17)37-35-19-5-2-15(3-6-19)29(39)33-18-7-9-20(10-8-18)34-36-24-14-25(46(40,41)42)23(32)13-22(24)31;;/h1-14,38H,30-32H2,(H,33,39)(H,40,41,42)(H,43,44,45);;/q;2*+1/p-2. The van der Waals surface area contributed by atoms with Crippen LogP contribution in [0.5, 0.6) is 5.75 Å². The Bertz CT molecular complexity index is 2340. The van der Waals surface area contributed by atoms with Crippen molar-refractivity contribution in [3.8, 4) is 5.75 Å². The van der Waals surface area contributed by atoms with E-state index in [0.29, 0.717) is 17.1 Å². The number of carbonyl (C=O) groups excluding carboxylic acids is 1. The summed E-state index contributed by atoms with van der Waals surface area (Å²) in [5, 5.41) is 29.4. The summed E-state index contributed by atoms with van der Waals surface area (Å²) >= 11 is 0. The minimum absolute atomic E-state index is 0. The van der Waals surface area contributed by atoms with E-state index in [4.69, 9.17) is 17.2 Å². The number of anilines is 4. The molecule has 0 atom stereocenters. The summed E-state index contributed by atoms with van der Waals surface area (Å²) in [5.41, 5.74) is 17.6. The zero-order valence-electron chi connectivity index (χ0n) is 25.7. The van der Waals surface area contributed by atoms with E-state index in [2.05, 4.69) is 25.8 Å². The largest absolute Gasteiger partial charge is 1.00 e. The van der Waals surface area contributed by atoms with Crippen LogP contribution in [0.4, 0.5) is 45.5 Å². The Labute approximate surface area is 323 Å². The normalized spacial score (nSPS) is 11.7. The zero-order valence-corrected chi connectivity index (χ0v) is 31.4. The van der Waals surface area contributed by atoms with Crippen LogP contribution in [0.25, 0.3) is 10.8 Å². The van der Waals surface area contributed by atoms with Gasteiger partial charge in [0.2, 0.25) is 0 Å². The number of nitrogen functional groups attached to an aromatic ring is 3. The summed E-state index contributed by atoms with van der Waals surface area (Å²) in [6, 6.07) is 19.2. The van der Waals surface area contributed by atoms with Crippen molar-refractivity contribution < 1.29 is 95.0 Å². The summed E-state index contributed by atoms with van der Waals surface area (Å²) < 4.78 is 69.8. The van der Waals surface area contributed by atoms with Gasteiger partial charge in [0.25, 0.3) is 5.91 Å². The topological polar surface area (TPSA) is 291 Å². The zero-order chi connectivity index (χ0) is 34.1. The van der Waals surface area contributed by atoms with E-state index in [1.807, 2.05) is 0 Å². The number of benzene rings is 5. The molecule has 1 amide bonds. The monoisotopic (exact) mass is 720 g/mol. The summed E-state index contributed by atoms with van der Waals surface area (Å²) in [5.74, 6) is -1.08. The molecule has 0 bridgehead atoms. The summed E-state index contributed by atoms with van der Waals surface area (Å²) in [7, 11) is -9.89. The van der Waals surface area contributed by atoms with Gasteiger partial charge in [-0.15, -0.1) is 10.2 Å². The van der Waals surface area contributed by atoms with Gasteiger partial charge in [-0.2, -0.15) is 10.2 Å². The van der Waals surface area contributed by atoms with Crippen LogP contribution in [0.15, 0.2) is 115 Å². The van der Waals surface area contributed by atoms with Gasteiger partial charge in [0.05, 0.1) is 32.5 Å². The number of phenols is 1. The molecular formula is C29H22N8Na2O8S2. The van der Waals surface area contributed by atoms with E-state index in [1.165, 1.54) is 66.7 Å². The molecule has 0 spiro atoms. The van der Waals surface area contributed by atoms with Crippen LogP contribution >= 0.6 is 0 Å². The average molecular weight is 721 g/mol. The van der Waals surface area contributed by atoms with Gasteiger partial charge in [-0.1, -0.05) is 6.07 Å². The predicted octanol–water partition coefficient (Wildman–Crippen LogP) is -0.809. The van der Waals surface area contributed by atoms with E-state index in [0.717, 1.165) is 18.2 Å². The quantitative estimate of drug-likeness (QED) is 0.0572. The molecule has 5 aromatic rings. The molecule has 0 radical (unpaired) electrons. The van der Waals surface area contributed by atoms with E-state index < -0.39 is 47.4 Å². The van der Waals surface area contributed by atoms with Crippen LogP contribution in [0.2, 0.25) is 0 Å². The Morgan fingerprint density at radius 3 is 1.84 bits per heavy atom. The molecule has 49 heavy (non-hydrogen) atoms. The Kier molecular flexibility index (Phi) is 12.7. The van der Waals surface area contributed by atoms with Crippen molar-refractivity contribution >= 4 is 82.4 Å². The Hall–Kier alpha value is -3.95. The van der Waals surface area contributed by atoms with Crippen LogP contribution in [-0.4, -0.2) is 37.0 Å². The van der Waals surface area contributed by atoms with Gasteiger partial charge in [-0.25, -0.2) is 16.8 Å². The van der Waals surface area contributed by atoms with Crippen LogP contribution in [-0.2, 0) is 20.2 Å². The second-order valence-corrected chi connectivity index (χ2v) is 12.6. The maximum absolute atomic E-state index is 12.8. The number of nitrogens with zero attached hydrogens (tertiary/aromatic N) is 4. The van der Waals surface area contributed by atoms with Crippen LogP contribution in [0.3, 0.4) is 0 Å². The first-order chi connectivity index (χ1) is 22.1. The number of nitrogens with two attached hydrogens (primary N) is 3. The molecule has 0 heterocycles. The first kappa shape index (κ1) is 39.5. The average Bonchev–Trinajstić information content (AvgIpc) is 3.00. The van der Waals surface area contributed by atoms with Crippen molar-refractivity contribution in [3.63, 3.8) is 0 Å². The first-order valence-electron chi connectivity index (χ1n) is 13.1. The predicted molar refractivity (Wildman–Crippen MR) is 170 cm³/mol. The molecule has 20 heteroatoms. The first-order valence-corrected chi connectivity index (χ1v) is 15.9. The fraction of sp³-hybridized carbons (Fsp3) is 0. The van der Waals surface area contributed by atoms with E-state index in [1.54, 1.807) is 0 Å². The molecule has 0 aliphatic heterocycles. The Balaban J connectivity index is 0.00000325. The van der Waals surface area contributed by atoms with Gasteiger partial charge in [-0.05, 0) is 84.2 Å². The van der Waals surface area contributed by atoms with Crippen molar-refractivity contribution in [2.45, 2.75) is 9.79 Å². The van der Waals surface area contributed by atoms with Crippen molar-refractivity contribution in [2.24, 2.45) is 20.5 Å².